The van der Waals surface area contributed by atoms with Crippen LogP contribution < -0.4 is 0 Å². The van der Waals surface area contributed by atoms with Crippen molar-refractivity contribution in [3.8, 4) is 0 Å². The summed E-state index contributed by atoms with van der Waals surface area (Å²) in [6, 6.07) is 0. The van der Waals surface area contributed by atoms with Crippen LogP contribution in [0.2, 0.25) is 0 Å². The summed E-state index contributed by atoms with van der Waals surface area (Å²) in [5.74, 6) is 0. The van der Waals surface area contributed by atoms with E-state index < -0.39 is 11.4 Å². The zero-order valence-corrected chi connectivity index (χ0v) is 4.27. The summed E-state index contributed by atoms with van der Waals surface area (Å²) >= 11 is -2.86. The molecule has 5 heteroatoms. The smallest absolute Gasteiger partial charge is 0.750 e. The molecular weight excluding hydrogens is 188 g/mol. The molecule has 1 atom stereocenters. The summed E-state index contributed by atoms with van der Waals surface area (Å²) in [7, 11) is 0. The minimum absolute atomic E-state index is 0. The van der Waals surface area contributed by atoms with Crippen molar-refractivity contribution < 1.29 is 35.7 Å². The van der Waals surface area contributed by atoms with E-state index in [-0.39, 0.29) is 22.4 Å². The second kappa shape index (κ2) is 4.81. The predicted octanol–water partition coefficient (Wildman–Crippen LogP) is -0.664. The molecule has 0 heterocycles. The maximum absolute atomic E-state index is 8.56. The van der Waals surface area contributed by atoms with E-state index in [4.69, 9.17) is 13.3 Å². The van der Waals surface area contributed by atoms with Crippen molar-refractivity contribution >= 4 is 11.4 Å². The van der Waals surface area contributed by atoms with E-state index in [1.54, 1.807) is 0 Å². The van der Waals surface area contributed by atoms with Gasteiger partial charge in [0.1, 0.15) is 0 Å². The molecule has 0 fully saturated rings. The van der Waals surface area contributed by atoms with Crippen molar-refractivity contribution in [1.82, 2.24) is 0 Å². The number of hydrogen-bond donors (Lipinski definition) is 1. The van der Waals surface area contributed by atoms with Gasteiger partial charge in [0.15, 0.2) is 0 Å². The van der Waals surface area contributed by atoms with Gasteiger partial charge in [-0.3, -0.25) is 0 Å². The molecule has 0 aromatic rings. The van der Waals surface area contributed by atoms with E-state index in [1.807, 2.05) is 0 Å². The zero-order valence-electron chi connectivity index (χ0n) is 1.97. The molecule has 0 amide bonds. The van der Waals surface area contributed by atoms with Crippen LogP contribution in [0.1, 0.15) is 0 Å². The van der Waals surface area contributed by atoms with E-state index in [0.29, 0.717) is 0 Å². The van der Waals surface area contributed by atoms with Crippen LogP contribution in [0.3, 0.4) is 0 Å². The van der Waals surface area contributed by atoms with Crippen LogP contribution in [-0.2, 0) is 33.7 Å². The first-order valence-electron chi connectivity index (χ1n) is 0.516. The molecule has 0 aromatic carbocycles. The van der Waals surface area contributed by atoms with Crippen LogP contribution in [-0.4, -0.2) is 13.3 Å². The second-order valence-corrected chi connectivity index (χ2v) is 0.651. The zero-order chi connectivity index (χ0) is 3.58. The van der Waals surface area contributed by atoms with Gasteiger partial charge in [0.2, 0.25) is 0 Å². The average Bonchev–Trinajstić information content (AvgIpc) is 0.811. The molecule has 0 aliphatic heterocycles. The Labute approximate surface area is 47.4 Å². The maximum atomic E-state index is 8.56. The molecule has 0 aliphatic carbocycles. The van der Waals surface area contributed by atoms with Crippen LogP contribution in [0.5, 0.6) is 0 Å². The van der Waals surface area contributed by atoms with Crippen LogP contribution in [0, 0.1) is 0 Å². The molecule has 0 bridgehead atoms. The molecule has 0 rings (SSSR count). The van der Waals surface area contributed by atoms with Crippen molar-refractivity contribution in [3.05, 3.63) is 0 Å². The third-order valence-corrected chi connectivity index (χ3v) is 0. The Morgan fingerprint density at radius 1 is 1.80 bits per heavy atom. The van der Waals surface area contributed by atoms with Gasteiger partial charge in [0.05, 0.1) is 11.4 Å². The van der Waals surface area contributed by atoms with Gasteiger partial charge in [0.25, 0.3) is 0 Å². The van der Waals surface area contributed by atoms with Gasteiger partial charge in [-0.05, 0) is 0 Å². The number of rotatable bonds is 0. The normalized spacial score (nSPS) is 12.4. The minimum Gasteiger partial charge on any atom is -0.750 e. The van der Waals surface area contributed by atoms with Crippen molar-refractivity contribution in [2.24, 2.45) is 0 Å². The van der Waals surface area contributed by atoms with E-state index in [2.05, 4.69) is 0 Å². The third kappa shape index (κ3) is 57.9. The molecule has 3 nitrogen and oxygen atoms in total. The molecule has 36 valence electrons. The molecule has 0 saturated heterocycles. The van der Waals surface area contributed by atoms with E-state index >= 15 is 0 Å². The first-order chi connectivity index (χ1) is 1.73. The fourth-order valence-electron chi connectivity index (χ4n) is 0. The van der Waals surface area contributed by atoms with E-state index in [1.165, 1.54) is 0 Å². The molecule has 0 aromatic heterocycles. The molecule has 0 spiro atoms. The Kier molecular flexibility index (Phi) is 8.91. The Bertz CT molecular complexity index is 29.9. The number of hydrogen-bond acceptors (Lipinski definition) is 2. The standard InChI is InChI=1S/Ag.H2O3S/c;1-4(2)3/h;(H2,1,2,3)/q+1;/p-1. The summed E-state index contributed by atoms with van der Waals surface area (Å²) in [5, 5.41) is 0. The molecule has 1 N–H and O–H groups in total. The predicted molar refractivity (Wildman–Crippen MR) is 11.5 cm³/mol. The van der Waals surface area contributed by atoms with E-state index in [9.17, 15) is 0 Å². The fourth-order valence-corrected chi connectivity index (χ4v) is 0. The van der Waals surface area contributed by atoms with Gasteiger partial charge in [0, 0.05) is 0 Å². The van der Waals surface area contributed by atoms with Gasteiger partial charge in [-0.25, -0.2) is 4.21 Å². The van der Waals surface area contributed by atoms with Crippen molar-refractivity contribution in [2.45, 2.75) is 0 Å². The Morgan fingerprint density at radius 2 is 1.80 bits per heavy atom. The molecule has 0 saturated carbocycles. The van der Waals surface area contributed by atoms with Gasteiger partial charge >= 0.3 is 22.4 Å². The Morgan fingerprint density at radius 3 is 1.80 bits per heavy atom. The van der Waals surface area contributed by atoms with Crippen LogP contribution in [0.4, 0.5) is 0 Å². The van der Waals surface area contributed by atoms with Crippen LogP contribution in [0.25, 0.3) is 0 Å². The fraction of sp³-hybridized carbons (Fsp3) is 0. The van der Waals surface area contributed by atoms with E-state index in [0.717, 1.165) is 0 Å². The van der Waals surface area contributed by atoms with Crippen LogP contribution in [0.15, 0.2) is 0 Å². The van der Waals surface area contributed by atoms with Gasteiger partial charge in [-0.2, -0.15) is 0 Å². The second-order valence-electron chi connectivity index (χ2n) is 0.217. The Hall–Kier alpha value is 0.810. The van der Waals surface area contributed by atoms with Crippen molar-refractivity contribution in [3.63, 3.8) is 0 Å². The van der Waals surface area contributed by atoms with Crippen molar-refractivity contribution in [1.29, 1.82) is 0 Å². The molecule has 5 heavy (non-hydrogen) atoms. The summed E-state index contributed by atoms with van der Waals surface area (Å²) in [6.07, 6.45) is 0. The molecular formula is HAgO3S. The summed E-state index contributed by atoms with van der Waals surface area (Å²) in [4.78, 5) is 0. The quantitative estimate of drug-likeness (QED) is 0.406. The summed E-state index contributed by atoms with van der Waals surface area (Å²) < 4.78 is 24.1. The summed E-state index contributed by atoms with van der Waals surface area (Å²) in [5.41, 5.74) is 0. The summed E-state index contributed by atoms with van der Waals surface area (Å²) in [6.45, 7) is 0. The monoisotopic (exact) mass is 188 g/mol. The van der Waals surface area contributed by atoms with Gasteiger partial charge < -0.3 is 9.11 Å². The topological polar surface area (TPSA) is 60.4 Å². The minimum atomic E-state index is -2.86. The average molecular weight is 189 g/mol. The third-order valence-electron chi connectivity index (χ3n) is 0. The van der Waals surface area contributed by atoms with Crippen LogP contribution >= 0.6 is 0 Å². The van der Waals surface area contributed by atoms with Gasteiger partial charge in [-0.1, -0.05) is 0 Å². The molecule has 1 unspecified atom stereocenters. The largest absolute Gasteiger partial charge is 1.00 e. The molecule has 0 radical (unpaired) electrons. The van der Waals surface area contributed by atoms with Crippen molar-refractivity contribution in [2.75, 3.05) is 0 Å². The SMILES string of the molecule is O=S([O-])O.[Ag+]. The van der Waals surface area contributed by atoms with Gasteiger partial charge in [-0.15, -0.1) is 0 Å². The molecule has 0 aliphatic rings. The maximum Gasteiger partial charge on any atom is 1.00 e. The Balaban J connectivity index is 0. The first-order valence-corrected chi connectivity index (χ1v) is 1.55. The first kappa shape index (κ1) is 9.26.